The van der Waals surface area contributed by atoms with Gasteiger partial charge in [-0.25, -0.2) is 9.18 Å². The summed E-state index contributed by atoms with van der Waals surface area (Å²) in [7, 11) is 1.49. The molecule has 2 aromatic rings. The van der Waals surface area contributed by atoms with E-state index in [1.807, 2.05) is 30.3 Å². The van der Waals surface area contributed by atoms with Crippen molar-refractivity contribution in [2.24, 2.45) is 0 Å². The number of ether oxygens (including phenoxy) is 2. The summed E-state index contributed by atoms with van der Waals surface area (Å²) in [6.07, 6.45) is 3.57. The van der Waals surface area contributed by atoms with E-state index in [1.165, 1.54) is 13.2 Å². The lowest BCUT2D eigenvalue weighted by molar-refractivity contribution is 0.140. The van der Waals surface area contributed by atoms with E-state index < -0.39 is 6.09 Å². The molecular formula is C19H20FNO3. The van der Waals surface area contributed by atoms with Crippen LogP contribution in [0.1, 0.15) is 17.5 Å². The van der Waals surface area contributed by atoms with Crippen LogP contribution < -0.4 is 10.1 Å². The van der Waals surface area contributed by atoms with Gasteiger partial charge in [0.05, 0.1) is 7.11 Å². The smallest absolute Gasteiger partial charge is 0.407 e. The Labute approximate surface area is 140 Å². The van der Waals surface area contributed by atoms with Crippen LogP contribution in [-0.4, -0.2) is 19.7 Å². The summed E-state index contributed by atoms with van der Waals surface area (Å²) in [5.41, 5.74) is 1.41. The molecule has 126 valence electrons. The number of carbonyl (C=O) groups is 1. The number of carbonyl (C=O) groups excluding carboxylic acids is 1. The van der Waals surface area contributed by atoms with Crippen LogP contribution in [0.15, 0.2) is 54.6 Å². The monoisotopic (exact) mass is 329 g/mol. The van der Waals surface area contributed by atoms with E-state index in [9.17, 15) is 9.18 Å². The van der Waals surface area contributed by atoms with Crippen LogP contribution in [0.4, 0.5) is 9.18 Å². The van der Waals surface area contributed by atoms with Gasteiger partial charge in [-0.1, -0.05) is 42.5 Å². The van der Waals surface area contributed by atoms with Gasteiger partial charge < -0.3 is 14.8 Å². The molecular weight excluding hydrogens is 309 g/mol. The third-order valence-electron chi connectivity index (χ3n) is 3.30. The highest BCUT2D eigenvalue weighted by atomic mass is 19.1. The second kappa shape index (κ2) is 9.35. The third kappa shape index (κ3) is 5.76. The zero-order valence-electron chi connectivity index (χ0n) is 13.5. The van der Waals surface area contributed by atoms with Gasteiger partial charge in [0.1, 0.15) is 18.2 Å². The van der Waals surface area contributed by atoms with Gasteiger partial charge in [0.2, 0.25) is 0 Å². The Morgan fingerprint density at radius 1 is 1.21 bits per heavy atom. The van der Waals surface area contributed by atoms with Gasteiger partial charge in [-0.15, -0.1) is 0 Å². The molecule has 0 aromatic heterocycles. The van der Waals surface area contributed by atoms with Crippen molar-refractivity contribution in [2.75, 3.05) is 13.7 Å². The van der Waals surface area contributed by atoms with Crippen molar-refractivity contribution in [3.63, 3.8) is 0 Å². The summed E-state index contributed by atoms with van der Waals surface area (Å²) in [6.45, 7) is 0.654. The molecule has 2 aromatic carbocycles. The zero-order valence-corrected chi connectivity index (χ0v) is 13.5. The highest BCUT2D eigenvalue weighted by Crippen LogP contribution is 2.17. The van der Waals surface area contributed by atoms with E-state index >= 15 is 0 Å². The lowest BCUT2D eigenvalue weighted by Crippen LogP contribution is -2.24. The number of benzene rings is 2. The van der Waals surface area contributed by atoms with Gasteiger partial charge in [0.25, 0.3) is 0 Å². The Morgan fingerprint density at radius 3 is 2.71 bits per heavy atom. The molecule has 0 atom stereocenters. The third-order valence-corrected chi connectivity index (χ3v) is 3.30. The van der Waals surface area contributed by atoms with E-state index in [1.54, 1.807) is 24.3 Å². The van der Waals surface area contributed by atoms with Gasteiger partial charge in [-0.05, 0) is 24.1 Å². The largest absolute Gasteiger partial charge is 0.497 e. The average Bonchev–Trinajstić information content (AvgIpc) is 2.61. The van der Waals surface area contributed by atoms with Crippen LogP contribution in [0, 0.1) is 5.82 Å². The minimum atomic E-state index is -0.470. The van der Waals surface area contributed by atoms with E-state index in [0.29, 0.717) is 24.3 Å². The van der Waals surface area contributed by atoms with Crippen LogP contribution >= 0.6 is 0 Å². The molecule has 0 aliphatic carbocycles. The summed E-state index contributed by atoms with van der Waals surface area (Å²) >= 11 is 0. The molecule has 2 rings (SSSR count). The van der Waals surface area contributed by atoms with E-state index in [0.717, 1.165) is 5.56 Å². The first-order valence-corrected chi connectivity index (χ1v) is 7.63. The second-order valence-electron chi connectivity index (χ2n) is 5.07. The van der Waals surface area contributed by atoms with Crippen molar-refractivity contribution in [3.05, 3.63) is 71.6 Å². The zero-order chi connectivity index (χ0) is 17.2. The molecule has 0 saturated heterocycles. The molecule has 1 N–H and O–H groups in total. The summed E-state index contributed by atoms with van der Waals surface area (Å²) in [4.78, 5) is 11.5. The van der Waals surface area contributed by atoms with Crippen molar-refractivity contribution in [2.45, 2.75) is 13.0 Å². The summed E-state index contributed by atoms with van der Waals surface area (Å²) < 4.78 is 23.8. The van der Waals surface area contributed by atoms with Crippen LogP contribution in [0.25, 0.3) is 6.08 Å². The molecule has 0 unspecified atom stereocenters. The molecule has 5 heteroatoms. The maximum atomic E-state index is 13.7. The lowest BCUT2D eigenvalue weighted by Gasteiger charge is -2.06. The number of hydrogen-bond donors (Lipinski definition) is 1. The quantitative estimate of drug-likeness (QED) is 0.776. The first-order chi connectivity index (χ1) is 11.7. The predicted octanol–water partition coefficient (Wildman–Crippen LogP) is 4.16. The number of halogens is 1. The summed E-state index contributed by atoms with van der Waals surface area (Å²) in [5, 5.41) is 2.65. The van der Waals surface area contributed by atoms with Gasteiger partial charge in [0.15, 0.2) is 0 Å². The number of hydrogen-bond acceptors (Lipinski definition) is 3. The first kappa shape index (κ1) is 17.5. The SMILES string of the molecule is COc1ccc(C=CCCNC(=O)OCc2ccccc2)c(F)c1. The predicted molar refractivity (Wildman–Crippen MR) is 91.2 cm³/mol. The Morgan fingerprint density at radius 2 is 2.00 bits per heavy atom. The molecule has 1 amide bonds. The van der Waals surface area contributed by atoms with Crippen molar-refractivity contribution >= 4 is 12.2 Å². The fourth-order valence-electron chi connectivity index (χ4n) is 2.01. The number of methoxy groups -OCH3 is 1. The molecule has 0 bridgehead atoms. The van der Waals surface area contributed by atoms with Crippen molar-refractivity contribution in [1.29, 1.82) is 0 Å². The minimum absolute atomic E-state index is 0.236. The summed E-state index contributed by atoms with van der Waals surface area (Å²) in [6, 6.07) is 14.1. The van der Waals surface area contributed by atoms with E-state index in [-0.39, 0.29) is 12.4 Å². The summed E-state index contributed by atoms with van der Waals surface area (Å²) in [5.74, 6) is 0.133. The van der Waals surface area contributed by atoms with Crippen LogP contribution in [0.3, 0.4) is 0 Å². The Balaban J connectivity index is 1.67. The average molecular weight is 329 g/mol. The Bertz CT molecular complexity index is 686. The van der Waals surface area contributed by atoms with Gasteiger partial charge in [-0.2, -0.15) is 0 Å². The van der Waals surface area contributed by atoms with Crippen LogP contribution in [0.2, 0.25) is 0 Å². The molecule has 0 saturated carbocycles. The van der Waals surface area contributed by atoms with Crippen molar-refractivity contribution in [1.82, 2.24) is 5.32 Å². The van der Waals surface area contributed by atoms with Gasteiger partial charge >= 0.3 is 6.09 Å². The molecule has 0 spiro atoms. The highest BCUT2D eigenvalue weighted by molar-refractivity contribution is 5.67. The molecule has 0 radical (unpaired) electrons. The fourth-order valence-corrected chi connectivity index (χ4v) is 2.01. The van der Waals surface area contributed by atoms with E-state index in [2.05, 4.69) is 5.32 Å². The maximum Gasteiger partial charge on any atom is 0.407 e. The standard InChI is InChI=1S/C19H20FNO3/c1-23-17-11-10-16(18(20)13-17)9-5-6-12-21-19(22)24-14-15-7-3-2-4-8-15/h2-5,7-11,13H,6,12,14H2,1H3,(H,21,22). The number of nitrogens with one attached hydrogen (secondary N) is 1. The topological polar surface area (TPSA) is 47.6 Å². The van der Waals surface area contributed by atoms with Gasteiger partial charge in [-0.3, -0.25) is 0 Å². The number of amides is 1. The van der Waals surface area contributed by atoms with Crippen LogP contribution in [0.5, 0.6) is 5.75 Å². The molecule has 0 aliphatic heterocycles. The van der Waals surface area contributed by atoms with E-state index in [4.69, 9.17) is 9.47 Å². The highest BCUT2D eigenvalue weighted by Gasteiger charge is 2.02. The number of rotatable bonds is 7. The van der Waals surface area contributed by atoms with Crippen molar-refractivity contribution < 1.29 is 18.7 Å². The van der Waals surface area contributed by atoms with Crippen molar-refractivity contribution in [3.8, 4) is 5.75 Å². The number of alkyl carbamates (subject to hydrolysis) is 1. The fraction of sp³-hybridized carbons (Fsp3) is 0.211. The minimum Gasteiger partial charge on any atom is -0.497 e. The molecule has 24 heavy (non-hydrogen) atoms. The van der Waals surface area contributed by atoms with Crippen LogP contribution in [-0.2, 0) is 11.3 Å². The lowest BCUT2D eigenvalue weighted by atomic mass is 10.2. The molecule has 0 aliphatic rings. The molecule has 0 fully saturated rings. The Kier molecular flexibility index (Phi) is 6.83. The second-order valence-corrected chi connectivity index (χ2v) is 5.07. The normalized spacial score (nSPS) is 10.6. The maximum absolute atomic E-state index is 13.7. The Hall–Kier alpha value is -2.82. The molecule has 0 heterocycles. The molecule has 4 nitrogen and oxygen atoms in total. The van der Waals surface area contributed by atoms with Gasteiger partial charge in [0, 0.05) is 18.2 Å². The first-order valence-electron chi connectivity index (χ1n) is 7.63.